The van der Waals surface area contributed by atoms with E-state index >= 15 is 0 Å². The number of aliphatic hydroxyl groups is 1. The second-order valence-electron chi connectivity index (χ2n) is 10.4. The third-order valence-corrected chi connectivity index (χ3v) is 9.33. The van der Waals surface area contributed by atoms with Gasteiger partial charge in [-0.25, -0.2) is 0 Å². The van der Waals surface area contributed by atoms with Crippen molar-refractivity contribution in [2.75, 3.05) is 6.61 Å². The van der Waals surface area contributed by atoms with Gasteiger partial charge in [-0.3, -0.25) is 0 Å². The summed E-state index contributed by atoms with van der Waals surface area (Å²) in [5.41, 5.74) is 1.59. The molecular formula is C20H32O2. The van der Waals surface area contributed by atoms with E-state index in [1.807, 2.05) is 0 Å². The van der Waals surface area contributed by atoms with Gasteiger partial charge in [0.15, 0.2) is 0 Å². The second-order valence-corrected chi connectivity index (χ2v) is 10.4. The lowest BCUT2D eigenvalue weighted by Crippen LogP contribution is -2.59. The molecule has 5 rings (SSSR count). The highest BCUT2D eigenvalue weighted by Crippen LogP contribution is 2.77. The summed E-state index contributed by atoms with van der Waals surface area (Å²) in [5, 5.41) is 10.1. The van der Waals surface area contributed by atoms with Crippen LogP contribution in [-0.4, -0.2) is 23.9 Å². The maximum Gasteiger partial charge on any atom is 0.0906 e. The van der Waals surface area contributed by atoms with Crippen molar-refractivity contribution in [1.82, 2.24) is 0 Å². The molecule has 1 N–H and O–H groups in total. The summed E-state index contributed by atoms with van der Waals surface area (Å²) in [6.45, 7) is 7.84. The first-order chi connectivity index (χ1) is 10.4. The molecule has 1 aliphatic heterocycles. The zero-order valence-corrected chi connectivity index (χ0v) is 14.5. The lowest BCUT2D eigenvalue weighted by molar-refractivity contribution is -0.181. The zero-order valence-electron chi connectivity index (χ0n) is 14.5. The van der Waals surface area contributed by atoms with Crippen molar-refractivity contribution < 1.29 is 9.84 Å². The lowest BCUT2D eigenvalue weighted by atomic mass is 9.40. The third-order valence-electron chi connectivity index (χ3n) is 9.33. The number of ether oxygens (including phenoxy) is 1. The molecule has 2 nitrogen and oxygen atoms in total. The van der Waals surface area contributed by atoms with Crippen LogP contribution >= 0.6 is 0 Å². The summed E-state index contributed by atoms with van der Waals surface area (Å²) < 4.78 is 6.24. The van der Waals surface area contributed by atoms with Crippen LogP contribution in [0.2, 0.25) is 0 Å². The van der Waals surface area contributed by atoms with Crippen LogP contribution in [0.15, 0.2) is 0 Å². The quantitative estimate of drug-likeness (QED) is 0.738. The number of aliphatic hydroxyl groups excluding tert-OH is 1. The molecule has 0 aromatic rings. The number of fused-ring (bicyclic) bond motifs is 5. The molecule has 5 fully saturated rings. The Morgan fingerprint density at radius 3 is 2.50 bits per heavy atom. The van der Waals surface area contributed by atoms with Crippen molar-refractivity contribution in [2.45, 2.75) is 84.3 Å². The Morgan fingerprint density at radius 1 is 0.955 bits per heavy atom. The number of hydrogen-bond donors (Lipinski definition) is 1. The molecular weight excluding hydrogens is 272 g/mol. The average Bonchev–Trinajstić information content (AvgIpc) is 3.25. The minimum absolute atomic E-state index is 0.164. The van der Waals surface area contributed by atoms with Crippen LogP contribution < -0.4 is 0 Å². The number of rotatable bonds is 1. The fourth-order valence-corrected chi connectivity index (χ4v) is 8.45. The van der Waals surface area contributed by atoms with Crippen LogP contribution in [0.25, 0.3) is 0 Å². The Hall–Kier alpha value is -0.0800. The summed E-state index contributed by atoms with van der Waals surface area (Å²) in [6, 6.07) is 0. The largest absolute Gasteiger partial charge is 0.396 e. The van der Waals surface area contributed by atoms with Gasteiger partial charge >= 0.3 is 0 Å². The maximum atomic E-state index is 10.1. The second kappa shape index (κ2) is 3.94. The molecule has 1 heterocycles. The zero-order chi connectivity index (χ0) is 15.4. The molecule has 4 aliphatic carbocycles. The first kappa shape index (κ1) is 14.3. The van der Waals surface area contributed by atoms with Crippen LogP contribution in [0.1, 0.15) is 72.1 Å². The highest BCUT2D eigenvalue weighted by Gasteiger charge is 2.77. The van der Waals surface area contributed by atoms with Crippen molar-refractivity contribution in [3.05, 3.63) is 0 Å². The van der Waals surface area contributed by atoms with E-state index in [0.717, 1.165) is 11.8 Å². The van der Waals surface area contributed by atoms with Gasteiger partial charge in [-0.05, 0) is 73.0 Å². The minimum Gasteiger partial charge on any atom is -0.396 e. The average molecular weight is 304 g/mol. The number of epoxide rings is 1. The molecule has 1 saturated heterocycles. The Kier molecular flexibility index (Phi) is 2.56. The third kappa shape index (κ3) is 1.42. The minimum atomic E-state index is 0.164. The highest BCUT2D eigenvalue weighted by molar-refractivity contribution is 5.25. The van der Waals surface area contributed by atoms with E-state index in [-0.39, 0.29) is 5.41 Å². The first-order valence-electron chi connectivity index (χ1n) is 9.64. The fourth-order valence-electron chi connectivity index (χ4n) is 8.45. The molecule has 0 unspecified atom stereocenters. The van der Waals surface area contributed by atoms with Crippen LogP contribution in [0, 0.1) is 33.5 Å². The van der Waals surface area contributed by atoms with Gasteiger partial charge in [0.05, 0.1) is 12.2 Å². The topological polar surface area (TPSA) is 32.8 Å². The van der Waals surface area contributed by atoms with Gasteiger partial charge in [0, 0.05) is 12.0 Å². The van der Waals surface area contributed by atoms with E-state index in [9.17, 15) is 5.11 Å². The van der Waals surface area contributed by atoms with E-state index in [1.165, 1.54) is 51.4 Å². The van der Waals surface area contributed by atoms with Crippen molar-refractivity contribution in [2.24, 2.45) is 33.5 Å². The molecule has 0 radical (unpaired) electrons. The van der Waals surface area contributed by atoms with Gasteiger partial charge in [0.2, 0.25) is 0 Å². The molecule has 0 amide bonds. The summed E-state index contributed by atoms with van der Waals surface area (Å²) >= 11 is 0. The predicted octanol–water partition coefficient (Wildman–Crippen LogP) is 4.16. The Bertz CT molecular complexity index is 518. The molecule has 4 saturated carbocycles. The number of hydrogen-bond acceptors (Lipinski definition) is 2. The van der Waals surface area contributed by atoms with E-state index in [1.54, 1.807) is 0 Å². The molecule has 22 heavy (non-hydrogen) atoms. The maximum absolute atomic E-state index is 10.1. The lowest BCUT2D eigenvalue weighted by Gasteiger charge is -2.65. The Labute approximate surface area is 135 Å². The standard InChI is InChI=1S/C20H32O2/c1-17-9-5-14-19(3)8-4-7-18(2,12-21)13(19)6-10-20(14,11-17)16-15(17)22-16/h13-16,21H,4-12H2,1-3H3/t13-,14+,15-,16+,17+,18+,19-,20+/m1/s1. The summed E-state index contributed by atoms with van der Waals surface area (Å²) in [4.78, 5) is 0. The molecule has 0 aromatic heterocycles. The van der Waals surface area contributed by atoms with Gasteiger partial charge in [-0.15, -0.1) is 0 Å². The monoisotopic (exact) mass is 304 g/mol. The molecule has 2 heteroatoms. The van der Waals surface area contributed by atoms with Gasteiger partial charge in [-0.2, -0.15) is 0 Å². The van der Waals surface area contributed by atoms with E-state index in [0.29, 0.717) is 35.1 Å². The molecule has 1 spiro atoms. The smallest absolute Gasteiger partial charge is 0.0906 e. The van der Waals surface area contributed by atoms with Gasteiger partial charge in [0.25, 0.3) is 0 Å². The highest BCUT2D eigenvalue weighted by atomic mass is 16.6. The van der Waals surface area contributed by atoms with Crippen LogP contribution in [0.5, 0.6) is 0 Å². The predicted molar refractivity (Wildman–Crippen MR) is 86.4 cm³/mol. The molecule has 0 aromatic carbocycles. The van der Waals surface area contributed by atoms with E-state index in [2.05, 4.69) is 20.8 Å². The molecule has 2 bridgehead atoms. The summed E-state index contributed by atoms with van der Waals surface area (Å²) in [5.74, 6) is 1.56. The van der Waals surface area contributed by atoms with Crippen molar-refractivity contribution >= 4 is 0 Å². The molecule has 5 aliphatic rings. The van der Waals surface area contributed by atoms with E-state index in [4.69, 9.17) is 4.74 Å². The van der Waals surface area contributed by atoms with Crippen molar-refractivity contribution in [3.8, 4) is 0 Å². The SMILES string of the molecule is C[C@]12CC[C@H]3[C@]4(C)CCC[C@@](C)(CO)[C@H]4CC[C@@]3(C1)[C@H]1O[C@H]12. The van der Waals surface area contributed by atoms with Crippen LogP contribution in [0.3, 0.4) is 0 Å². The van der Waals surface area contributed by atoms with E-state index < -0.39 is 0 Å². The Morgan fingerprint density at radius 2 is 1.73 bits per heavy atom. The summed E-state index contributed by atoms with van der Waals surface area (Å²) in [6.07, 6.45) is 12.0. The normalized spacial score (nSPS) is 65.5. The van der Waals surface area contributed by atoms with Gasteiger partial charge in [0.1, 0.15) is 0 Å². The van der Waals surface area contributed by atoms with Crippen LogP contribution in [-0.2, 0) is 4.74 Å². The molecule has 8 atom stereocenters. The van der Waals surface area contributed by atoms with Crippen molar-refractivity contribution in [3.63, 3.8) is 0 Å². The first-order valence-corrected chi connectivity index (χ1v) is 9.64. The van der Waals surface area contributed by atoms with Crippen molar-refractivity contribution in [1.29, 1.82) is 0 Å². The van der Waals surface area contributed by atoms with Gasteiger partial charge < -0.3 is 9.84 Å². The fraction of sp³-hybridized carbons (Fsp3) is 1.00. The summed E-state index contributed by atoms with van der Waals surface area (Å²) in [7, 11) is 0. The van der Waals surface area contributed by atoms with Gasteiger partial charge in [-0.1, -0.05) is 27.2 Å². The van der Waals surface area contributed by atoms with Crippen LogP contribution in [0.4, 0.5) is 0 Å². The Balaban J connectivity index is 1.57. The molecule has 124 valence electrons.